The number of furan rings is 1. The van der Waals surface area contributed by atoms with Crippen molar-refractivity contribution in [2.45, 2.75) is 6.54 Å². The average Bonchev–Trinajstić information content (AvgIpc) is 3.32. The summed E-state index contributed by atoms with van der Waals surface area (Å²) in [7, 11) is 14.3. The molecular weight excluding hydrogens is 500 g/mol. The van der Waals surface area contributed by atoms with Gasteiger partial charge in [0.1, 0.15) is 11.6 Å². The number of nitrogens with two attached hydrogens (primary N) is 1. The Balaban J connectivity index is 1.44. The van der Waals surface area contributed by atoms with E-state index in [1.165, 1.54) is 0 Å². The van der Waals surface area contributed by atoms with E-state index in [2.05, 4.69) is 9.97 Å². The van der Waals surface area contributed by atoms with Gasteiger partial charge in [-0.2, -0.15) is 4.98 Å². The Labute approximate surface area is 219 Å². The van der Waals surface area contributed by atoms with Gasteiger partial charge in [0.25, 0.3) is 5.91 Å². The third-order valence-corrected chi connectivity index (χ3v) is 7.72. The van der Waals surface area contributed by atoms with Gasteiger partial charge in [0, 0.05) is 50.1 Å². The van der Waals surface area contributed by atoms with Crippen LogP contribution < -0.4 is 20.1 Å². The minimum absolute atomic E-state index is 0.106. The molecule has 2 heterocycles. The monoisotopic (exact) mass is 534 g/mol. The van der Waals surface area contributed by atoms with E-state index in [9.17, 15) is 4.79 Å². The van der Waals surface area contributed by atoms with E-state index in [-0.39, 0.29) is 5.91 Å². The number of aromatic nitrogens is 2. The molecule has 3 rings (SSSR count). The van der Waals surface area contributed by atoms with Gasteiger partial charge in [-0.05, 0) is 32.3 Å². The number of nitrogen functional groups attached to an aromatic ring is 1. The van der Waals surface area contributed by atoms with Gasteiger partial charge in [-0.15, -0.1) is 0 Å². The van der Waals surface area contributed by atoms with E-state index < -0.39 is 0 Å². The van der Waals surface area contributed by atoms with Crippen LogP contribution in [0.5, 0.6) is 11.5 Å². The molecule has 0 unspecified atom stereocenters. The first-order chi connectivity index (χ1) is 17.2. The second-order valence-electron chi connectivity index (χ2n) is 8.43. The van der Waals surface area contributed by atoms with Crippen molar-refractivity contribution in [2.75, 3.05) is 77.6 Å². The first-order valence-corrected chi connectivity index (χ1v) is 13.9. The van der Waals surface area contributed by atoms with Crippen LogP contribution in [0, 0.1) is 0 Å². The van der Waals surface area contributed by atoms with Gasteiger partial charge < -0.3 is 34.3 Å². The predicted octanol–water partition coefficient (Wildman–Crippen LogP) is 3.47. The van der Waals surface area contributed by atoms with Gasteiger partial charge in [0.2, 0.25) is 5.95 Å². The van der Waals surface area contributed by atoms with Crippen molar-refractivity contribution in [3.63, 3.8) is 0 Å². The lowest BCUT2D eigenvalue weighted by Gasteiger charge is -2.18. The summed E-state index contributed by atoms with van der Waals surface area (Å²) in [6.45, 7) is 2.04. The molecule has 0 radical (unpaired) electrons. The minimum Gasteiger partial charge on any atom is -0.493 e. The second-order valence-corrected chi connectivity index (χ2v) is 11.1. The van der Waals surface area contributed by atoms with Crippen LogP contribution in [0.4, 0.5) is 11.8 Å². The standard InChI is InChI=1S/C24H34N6O4S2/c1-28(2)15-16-7-8-19(34-16)23(31)29(3)9-11-35-36-12-10-30(4)24-26-18-14-21(33-6)20(32-5)13-17(18)22(25)27-24/h7-8,13-14H,9-12,15H2,1-6H3,(H2,25,26,27). The van der Waals surface area contributed by atoms with Crippen molar-refractivity contribution >= 4 is 50.2 Å². The molecule has 3 aromatic rings. The number of carbonyl (C=O) groups is 1. The number of benzene rings is 1. The topological polar surface area (TPSA) is 110 Å². The van der Waals surface area contributed by atoms with Crippen LogP contribution in [0.1, 0.15) is 16.3 Å². The van der Waals surface area contributed by atoms with Gasteiger partial charge >= 0.3 is 0 Å². The highest BCUT2D eigenvalue weighted by molar-refractivity contribution is 8.76. The molecule has 36 heavy (non-hydrogen) atoms. The number of nitrogens with zero attached hydrogens (tertiary/aromatic N) is 5. The van der Waals surface area contributed by atoms with E-state index in [0.29, 0.717) is 47.6 Å². The summed E-state index contributed by atoms with van der Waals surface area (Å²) in [4.78, 5) is 27.3. The molecule has 1 aromatic carbocycles. The summed E-state index contributed by atoms with van der Waals surface area (Å²) in [5.41, 5.74) is 6.89. The van der Waals surface area contributed by atoms with Gasteiger partial charge in [-0.3, -0.25) is 4.79 Å². The molecule has 0 saturated carbocycles. The molecule has 1 amide bonds. The Morgan fingerprint density at radius 3 is 2.33 bits per heavy atom. The summed E-state index contributed by atoms with van der Waals surface area (Å²) in [6.07, 6.45) is 0. The summed E-state index contributed by atoms with van der Waals surface area (Å²) in [5.74, 6) is 4.83. The first-order valence-electron chi connectivity index (χ1n) is 11.4. The van der Waals surface area contributed by atoms with Crippen molar-refractivity contribution in [1.82, 2.24) is 19.8 Å². The Bertz CT molecular complexity index is 1170. The molecule has 12 heteroatoms. The van der Waals surface area contributed by atoms with Crippen LogP contribution in [-0.2, 0) is 6.54 Å². The average molecular weight is 535 g/mol. The molecule has 196 valence electrons. The zero-order valence-corrected chi connectivity index (χ0v) is 23.2. The van der Waals surface area contributed by atoms with Crippen molar-refractivity contribution < 1.29 is 18.7 Å². The van der Waals surface area contributed by atoms with Crippen LogP contribution in [0.2, 0.25) is 0 Å². The van der Waals surface area contributed by atoms with Gasteiger partial charge in [-0.1, -0.05) is 21.6 Å². The van der Waals surface area contributed by atoms with Crippen molar-refractivity contribution in [1.29, 1.82) is 0 Å². The minimum atomic E-state index is -0.106. The first kappa shape index (κ1) is 27.8. The number of amides is 1. The van der Waals surface area contributed by atoms with Crippen LogP contribution in [-0.4, -0.2) is 92.7 Å². The third kappa shape index (κ3) is 7.11. The highest BCUT2D eigenvalue weighted by Crippen LogP contribution is 2.34. The van der Waals surface area contributed by atoms with E-state index in [0.717, 1.165) is 29.2 Å². The Hall–Kier alpha value is -2.83. The predicted molar refractivity (Wildman–Crippen MR) is 148 cm³/mol. The summed E-state index contributed by atoms with van der Waals surface area (Å²) < 4.78 is 16.4. The van der Waals surface area contributed by atoms with Gasteiger partial charge in [-0.25, -0.2) is 4.98 Å². The maximum Gasteiger partial charge on any atom is 0.289 e. The fraction of sp³-hybridized carbons (Fsp3) is 0.458. The van der Waals surface area contributed by atoms with Crippen LogP contribution in [0.15, 0.2) is 28.7 Å². The van der Waals surface area contributed by atoms with Crippen LogP contribution in [0.25, 0.3) is 10.9 Å². The summed E-state index contributed by atoms with van der Waals surface area (Å²) >= 11 is 0. The van der Waals surface area contributed by atoms with E-state index >= 15 is 0 Å². The molecule has 0 atom stereocenters. The fourth-order valence-electron chi connectivity index (χ4n) is 3.38. The molecule has 2 N–H and O–H groups in total. The molecule has 0 bridgehead atoms. The molecule has 0 aliphatic heterocycles. The maximum atomic E-state index is 12.6. The Kier molecular flexibility index (Phi) is 9.97. The molecule has 0 spiro atoms. The van der Waals surface area contributed by atoms with Crippen molar-refractivity contribution in [3.05, 3.63) is 35.8 Å². The quantitative estimate of drug-likeness (QED) is 0.257. The zero-order valence-electron chi connectivity index (χ0n) is 21.6. The number of fused-ring (bicyclic) bond motifs is 1. The zero-order chi connectivity index (χ0) is 26.2. The lowest BCUT2D eigenvalue weighted by atomic mass is 10.2. The van der Waals surface area contributed by atoms with Crippen molar-refractivity contribution in [2.24, 2.45) is 0 Å². The van der Waals surface area contributed by atoms with E-state index in [4.69, 9.17) is 19.6 Å². The van der Waals surface area contributed by atoms with E-state index in [1.54, 1.807) is 66.0 Å². The summed E-state index contributed by atoms with van der Waals surface area (Å²) in [6, 6.07) is 7.18. The lowest BCUT2D eigenvalue weighted by molar-refractivity contribution is 0.0769. The highest BCUT2D eigenvalue weighted by Gasteiger charge is 2.17. The lowest BCUT2D eigenvalue weighted by Crippen LogP contribution is -2.28. The Morgan fingerprint density at radius 2 is 1.67 bits per heavy atom. The normalized spacial score (nSPS) is 11.2. The number of carbonyl (C=O) groups excluding carboxylic acids is 1. The smallest absolute Gasteiger partial charge is 0.289 e. The number of anilines is 2. The highest BCUT2D eigenvalue weighted by atomic mass is 33.1. The maximum absolute atomic E-state index is 12.6. The Morgan fingerprint density at radius 1 is 1.00 bits per heavy atom. The molecule has 0 saturated heterocycles. The number of rotatable bonds is 13. The molecular formula is C24H34N6O4S2. The SMILES string of the molecule is COc1cc2nc(N(C)CCSSCCN(C)C(=O)c3ccc(CN(C)C)o3)nc(N)c2cc1OC. The molecule has 0 fully saturated rings. The van der Waals surface area contributed by atoms with Crippen LogP contribution in [0.3, 0.4) is 0 Å². The summed E-state index contributed by atoms with van der Waals surface area (Å²) in [5, 5.41) is 0.719. The molecule has 0 aliphatic carbocycles. The fourth-order valence-corrected chi connectivity index (χ4v) is 5.47. The largest absolute Gasteiger partial charge is 0.493 e. The number of methoxy groups -OCH3 is 2. The number of ether oxygens (including phenoxy) is 2. The van der Waals surface area contributed by atoms with Crippen molar-refractivity contribution in [3.8, 4) is 11.5 Å². The van der Waals surface area contributed by atoms with Gasteiger partial charge in [0.05, 0.1) is 26.3 Å². The van der Waals surface area contributed by atoms with Gasteiger partial charge in [0.15, 0.2) is 17.3 Å². The molecule has 0 aliphatic rings. The van der Waals surface area contributed by atoms with Crippen LogP contribution >= 0.6 is 21.6 Å². The number of hydrogen-bond donors (Lipinski definition) is 1. The van der Waals surface area contributed by atoms with E-state index in [1.807, 2.05) is 37.0 Å². The molecule has 10 nitrogen and oxygen atoms in total. The molecule has 2 aromatic heterocycles. The second kappa shape index (κ2) is 12.9. The number of hydrogen-bond acceptors (Lipinski definition) is 11. The third-order valence-electron chi connectivity index (χ3n) is 5.35.